The van der Waals surface area contributed by atoms with Gasteiger partial charge in [-0.15, -0.1) is 0 Å². The fourth-order valence-corrected chi connectivity index (χ4v) is 4.05. The Balaban J connectivity index is 2.05. The van der Waals surface area contributed by atoms with Crippen molar-refractivity contribution in [3.63, 3.8) is 0 Å². The van der Waals surface area contributed by atoms with E-state index in [0.717, 1.165) is 31.6 Å². The van der Waals surface area contributed by atoms with Crippen molar-refractivity contribution in [2.45, 2.75) is 20.0 Å². The summed E-state index contributed by atoms with van der Waals surface area (Å²) in [6, 6.07) is 9.63. The molecule has 0 unspecified atom stereocenters. The maximum Gasteiger partial charge on any atom is 0.320 e. The number of nitrogens with zero attached hydrogens (tertiary/aromatic N) is 4. The first-order valence-electron chi connectivity index (χ1n) is 12.7. The first-order valence-corrected chi connectivity index (χ1v) is 12.7. The predicted octanol–water partition coefficient (Wildman–Crippen LogP) is 0.707. The van der Waals surface area contributed by atoms with Crippen molar-refractivity contribution in [3.8, 4) is 0 Å². The van der Waals surface area contributed by atoms with Gasteiger partial charge in [0.15, 0.2) is 0 Å². The van der Waals surface area contributed by atoms with Crippen molar-refractivity contribution in [3.05, 3.63) is 35.9 Å². The van der Waals surface area contributed by atoms with Crippen LogP contribution in [0.3, 0.4) is 0 Å². The lowest BCUT2D eigenvalue weighted by molar-refractivity contribution is -0.147. The van der Waals surface area contributed by atoms with Gasteiger partial charge in [-0.25, -0.2) is 0 Å². The summed E-state index contributed by atoms with van der Waals surface area (Å²) in [5, 5.41) is 0. The van der Waals surface area contributed by atoms with Gasteiger partial charge in [0.1, 0.15) is 6.61 Å². The number of hydrogen-bond acceptors (Lipinski definition) is 10. The molecule has 1 aliphatic rings. The van der Waals surface area contributed by atoms with E-state index in [4.69, 9.17) is 14.2 Å². The Labute approximate surface area is 215 Å². The second kappa shape index (κ2) is 17.0. The van der Waals surface area contributed by atoms with Crippen LogP contribution in [0.5, 0.6) is 0 Å². The van der Waals surface area contributed by atoms with Gasteiger partial charge in [-0.05, 0) is 18.5 Å². The molecule has 0 N–H and O–H groups in total. The van der Waals surface area contributed by atoms with E-state index in [-0.39, 0.29) is 44.1 Å². The van der Waals surface area contributed by atoms with Gasteiger partial charge in [-0.3, -0.25) is 29.1 Å². The minimum Gasteiger partial charge on any atom is -0.468 e. The highest BCUT2D eigenvalue weighted by Gasteiger charge is 2.21. The van der Waals surface area contributed by atoms with E-state index in [1.807, 2.05) is 35.2 Å². The van der Waals surface area contributed by atoms with Crippen LogP contribution < -0.4 is 0 Å². The molecule has 0 radical (unpaired) electrons. The lowest BCUT2D eigenvalue weighted by atomic mass is 10.2. The number of benzene rings is 1. The summed E-state index contributed by atoms with van der Waals surface area (Å²) in [4.78, 5) is 45.1. The number of ether oxygens (including phenoxy) is 3. The molecule has 1 saturated heterocycles. The minimum atomic E-state index is -0.315. The third-order valence-electron chi connectivity index (χ3n) is 6.23. The van der Waals surface area contributed by atoms with Crippen molar-refractivity contribution in [1.29, 1.82) is 0 Å². The molecule has 1 aromatic carbocycles. The number of esters is 3. The molecule has 0 amide bonds. The van der Waals surface area contributed by atoms with Gasteiger partial charge in [-0.1, -0.05) is 37.3 Å². The molecule has 0 spiro atoms. The van der Waals surface area contributed by atoms with Crippen molar-refractivity contribution >= 4 is 17.9 Å². The standard InChI is InChI=1S/C26H42N4O6/c1-4-10-27-11-13-28(19-24(31)34-2)15-16-29(20-25(32)35-3)17-18-30(14-12-27)21-26(33)36-22-23-8-6-5-7-9-23/h5-9H,4,10-22H2,1-3H3. The SMILES string of the molecule is CCCN1CCN(CC(=O)OC)CCN(CC(=O)OC)CCN(CC(=O)OCc2ccccc2)CC1. The van der Waals surface area contributed by atoms with Crippen LogP contribution in [0.15, 0.2) is 30.3 Å². The molecule has 0 aromatic heterocycles. The van der Waals surface area contributed by atoms with E-state index in [2.05, 4.69) is 21.6 Å². The highest BCUT2D eigenvalue weighted by molar-refractivity contribution is 5.72. The molecule has 1 fully saturated rings. The highest BCUT2D eigenvalue weighted by Crippen LogP contribution is 2.05. The van der Waals surface area contributed by atoms with Crippen LogP contribution in [-0.4, -0.2) is 130 Å². The summed E-state index contributed by atoms with van der Waals surface area (Å²) in [6.07, 6.45) is 1.02. The highest BCUT2D eigenvalue weighted by atomic mass is 16.5. The van der Waals surface area contributed by atoms with Crippen LogP contribution in [0.2, 0.25) is 0 Å². The van der Waals surface area contributed by atoms with Gasteiger partial charge in [0.2, 0.25) is 0 Å². The molecule has 1 aromatic rings. The molecule has 202 valence electrons. The first kappa shape index (κ1) is 29.7. The smallest absolute Gasteiger partial charge is 0.320 e. The van der Waals surface area contributed by atoms with Gasteiger partial charge in [0.05, 0.1) is 33.9 Å². The van der Waals surface area contributed by atoms with Crippen LogP contribution >= 0.6 is 0 Å². The molecular weight excluding hydrogens is 464 g/mol. The van der Waals surface area contributed by atoms with Gasteiger partial charge in [-0.2, -0.15) is 0 Å². The largest absolute Gasteiger partial charge is 0.468 e. The van der Waals surface area contributed by atoms with Crippen LogP contribution in [0.1, 0.15) is 18.9 Å². The monoisotopic (exact) mass is 506 g/mol. The van der Waals surface area contributed by atoms with Crippen LogP contribution in [-0.2, 0) is 35.2 Å². The quantitative estimate of drug-likeness (QED) is 0.334. The maximum atomic E-state index is 12.6. The molecule has 1 heterocycles. The van der Waals surface area contributed by atoms with E-state index in [1.165, 1.54) is 14.2 Å². The predicted molar refractivity (Wildman–Crippen MR) is 136 cm³/mol. The lowest BCUT2D eigenvalue weighted by Gasteiger charge is -2.33. The van der Waals surface area contributed by atoms with Crippen molar-refractivity contribution in [2.75, 3.05) is 92.8 Å². The Morgan fingerprint density at radius 3 is 1.50 bits per heavy atom. The average molecular weight is 507 g/mol. The molecule has 0 aliphatic carbocycles. The zero-order valence-electron chi connectivity index (χ0n) is 22.0. The molecule has 1 aliphatic heterocycles. The topological polar surface area (TPSA) is 91.9 Å². The number of carbonyl (C=O) groups is 3. The Bertz CT molecular complexity index is 794. The summed E-state index contributed by atoms with van der Waals surface area (Å²) in [7, 11) is 2.77. The normalized spacial score (nSPS) is 17.5. The molecular formula is C26H42N4O6. The number of hydrogen-bond donors (Lipinski definition) is 0. The Kier molecular flexibility index (Phi) is 14.0. The lowest BCUT2D eigenvalue weighted by Crippen LogP contribution is -2.48. The molecule has 0 saturated carbocycles. The van der Waals surface area contributed by atoms with E-state index in [0.29, 0.717) is 39.3 Å². The first-order chi connectivity index (χ1) is 17.4. The summed E-state index contributed by atoms with van der Waals surface area (Å²) in [5.74, 6) is -0.856. The van der Waals surface area contributed by atoms with Crippen molar-refractivity contribution < 1.29 is 28.6 Å². The van der Waals surface area contributed by atoms with Crippen molar-refractivity contribution in [1.82, 2.24) is 19.6 Å². The zero-order chi connectivity index (χ0) is 26.2. The second-order valence-electron chi connectivity index (χ2n) is 8.97. The van der Waals surface area contributed by atoms with E-state index >= 15 is 0 Å². The summed E-state index contributed by atoms with van der Waals surface area (Å²) >= 11 is 0. The van der Waals surface area contributed by atoms with E-state index < -0.39 is 0 Å². The van der Waals surface area contributed by atoms with Crippen LogP contribution in [0.25, 0.3) is 0 Å². The molecule has 36 heavy (non-hydrogen) atoms. The summed E-state index contributed by atoms with van der Waals surface area (Å²) in [5.41, 5.74) is 0.953. The van der Waals surface area contributed by atoms with Crippen LogP contribution in [0, 0.1) is 0 Å². The second-order valence-corrected chi connectivity index (χ2v) is 8.97. The molecule has 2 rings (SSSR count). The van der Waals surface area contributed by atoms with Gasteiger partial charge in [0, 0.05) is 52.4 Å². The zero-order valence-corrected chi connectivity index (χ0v) is 22.0. The third-order valence-corrected chi connectivity index (χ3v) is 6.23. The van der Waals surface area contributed by atoms with Crippen LogP contribution in [0.4, 0.5) is 0 Å². The maximum absolute atomic E-state index is 12.6. The van der Waals surface area contributed by atoms with Gasteiger partial charge >= 0.3 is 17.9 Å². The Morgan fingerprint density at radius 1 is 0.667 bits per heavy atom. The number of rotatable bonds is 10. The van der Waals surface area contributed by atoms with E-state index in [1.54, 1.807) is 0 Å². The summed E-state index contributed by atoms with van der Waals surface area (Å²) in [6.45, 7) is 9.28. The summed E-state index contributed by atoms with van der Waals surface area (Å²) < 4.78 is 15.3. The minimum absolute atomic E-state index is 0.150. The number of methoxy groups -OCH3 is 2. The van der Waals surface area contributed by atoms with E-state index in [9.17, 15) is 14.4 Å². The molecule has 10 nitrogen and oxygen atoms in total. The van der Waals surface area contributed by atoms with Crippen molar-refractivity contribution in [2.24, 2.45) is 0 Å². The van der Waals surface area contributed by atoms with Gasteiger partial charge < -0.3 is 19.1 Å². The molecule has 0 atom stereocenters. The molecule has 0 bridgehead atoms. The third kappa shape index (κ3) is 11.9. The Hall–Kier alpha value is -2.53. The van der Waals surface area contributed by atoms with Gasteiger partial charge in [0.25, 0.3) is 0 Å². The fraction of sp³-hybridized carbons (Fsp3) is 0.654. The average Bonchev–Trinajstić information content (AvgIpc) is 2.89. The number of carbonyl (C=O) groups excluding carboxylic acids is 3. The molecule has 10 heteroatoms. The fourth-order valence-electron chi connectivity index (χ4n) is 4.05. The Morgan fingerprint density at radius 2 is 1.08 bits per heavy atom.